The van der Waals surface area contributed by atoms with Crippen LogP contribution in [0.25, 0.3) is 11.0 Å². The highest BCUT2D eigenvalue weighted by molar-refractivity contribution is 14.0. The molecular formula is C24H33IN6O. The van der Waals surface area contributed by atoms with Crippen LogP contribution in [0.15, 0.2) is 53.5 Å². The Bertz CT molecular complexity index is 1050. The second-order valence-electron chi connectivity index (χ2n) is 7.90. The number of aryl methyl sites for hydroxylation is 2. The van der Waals surface area contributed by atoms with E-state index in [2.05, 4.69) is 67.3 Å². The van der Waals surface area contributed by atoms with Crippen molar-refractivity contribution >= 4 is 46.7 Å². The summed E-state index contributed by atoms with van der Waals surface area (Å²) in [6.45, 7) is 5.79. The fraction of sp³-hybridized carbons (Fsp3) is 0.417. The fourth-order valence-electron chi connectivity index (χ4n) is 4.30. The van der Waals surface area contributed by atoms with Crippen LogP contribution in [-0.2, 0) is 6.54 Å². The molecule has 1 unspecified atom stereocenters. The molecule has 1 atom stereocenters. The summed E-state index contributed by atoms with van der Waals surface area (Å²) in [6.07, 6.45) is 2.07. The van der Waals surface area contributed by atoms with E-state index in [0.717, 1.165) is 67.8 Å². The van der Waals surface area contributed by atoms with Crippen LogP contribution in [0.4, 0.5) is 5.69 Å². The third-order valence-corrected chi connectivity index (χ3v) is 5.87. The van der Waals surface area contributed by atoms with Gasteiger partial charge in [-0.1, -0.05) is 24.3 Å². The van der Waals surface area contributed by atoms with Gasteiger partial charge in [0.15, 0.2) is 5.96 Å². The Labute approximate surface area is 207 Å². The molecule has 8 heteroatoms. The standard InChI is InChI=1S/C24H32N6O.HI/c1-18-27-20-9-4-5-10-21(20)30(18)15-8-14-26-24(25-2)28-19-13-16-29(17-19)22-11-6-7-12-23(22)31-3;/h4-7,9-12,19H,8,13-17H2,1-3H3,(H2,25,26,28);1H. The van der Waals surface area contributed by atoms with Crippen molar-refractivity contribution in [3.8, 4) is 5.75 Å². The number of fused-ring (bicyclic) bond motifs is 1. The van der Waals surface area contributed by atoms with Crippen LogP contribution in [0, 0.1) is 6.92 Å². The summed E-state index contributed by atoms with van der Waals surface area (Å²) in [5.41, 5.74) is 3.41. The Kier molecular flexibility index (Phi) is 8.60. The van der Waals surface area contributed by atoms with Gasteiger partial charge in [-0.05, 0) is 44.0 Å². The maximum absolute atomic E-state index is 5.52. The van der Waals surface area contributed by atoms with E-state index >= 15 is 0 Å². The predicted molar refractivity (Wildman–Crippen MR) is 143 cm³/mol. The van der Waals surface area contributed by atoms with Gasteiger partial charge < -0.3 is 24.8 Å². The lowest BCUT2D eigenvalue weighted by Crippen LogP contribution is -2.45. The number of ether oxygens (including phenoxy) is 1. The normalized spacial score (nSPS) is 16.2. The highest BCUT2D eigenvalue weighted by Gasteiger charge is 2.25. The second kappa shape index (κ2) is 11.4. The Morgan fingerprint density at radius 1 is 1.19 bits per heavy atom. The second-order valence-corrected chi connectivity index (χ2v) is 7.90. The third-order valence-electron chi connectivity index (χ3n) is 5.87. The van der Waals surface area contributed by atoms with E-state index in [1.165, 1.54) is 5.52 Å². The molecule has 1 aliphatic rings. The largest absolute Gasteiger partial charge is 0.495 e. The Morgan fingerprint density at radius 3 is 2.78 bits per heavy atom. The lowest BCUT2D eigenvalue weighted by Gasteiger charge is -2.22. The third kappa shape index (κ3) is 5.46. The number of hydrogen-bond acceptors (Lipinski definition) is 4. The maximum Gasteiger partial charge on any atom is 0.191 e. The number of para-hydroxylation sites is 4. The number of nitrogens with zero attached hydrogens (tertiary/aromatic N) is 4. The van der Waals surface area contributed by atoms with E-state index in [1.54, 1.807) is 7.11 Å². The van der Waals surface area contributed by atoms with Crippen molar-refractivity contribution in [2.75, 3.05) is 38.7 Å². The maximum atomic E-state index is 5.52. The van der Waals surface area contributed by atoms with Crippen LogP contribution in [0.2, 0.25) is 0 Å². The van der Waals surface area contributed by atoms with Crippen molar-refractivity contribution in [3.05, 3.63) is 54.4 Å². The van der Waals surface area contributed by atoms with E-state index in [0.29, 0.717) is 6.04 Å². The molecule has 0 spiro atoms. The quantitative estimate of drug-likeness (QED) is 0.204. The summed E-state index contributed by atoms with van der Waals surface area (Å²) in [7, 11) is 3.56. The van der Waals surface area contributed by atoms with Crippen molar-refractivity contribution < 1.29 is 4.74 Å². The van der Waals surface area contributed by atoms with Crippen molar-refractivity contribution in [3.63, 3.8) is 0 Å². The molecule has 2 heterocycles. The first-order valence-corrected chi connectivity index (χ1v) is 11.0. The van der Waals surface area contributed by atoms with E-state index < -0.39 is 0 Å². The molecule has 0 radical (unpaired) electrons. The number of methoxy groups -OCH3 is 1. The number of rotatable bonds is 7. The minimum absolute atomic E-state index is 0. The number of benzene rings is 2. The lowest BCUT2D eigenvalue weighted by atomic mass is 10.2. The molecule has 0 bridgehead atoms. The molecule has 2 N–H and O–H groups in total. The van der Waals surface area contributed by atoms with Gasteiger partial charge >= 0.3 is 0 Å². The van der Waals surface area contributed by atoms with Crippen molar-refractivity contribution in [2.24, 2.45) is 4.99 Å². The molecular weight excluding hydrogens is 515 g/mol. The number of guanidine groups is 1. The topological polar surface area (TPSA) is 66.7 Å². The Balaban J connectivity index is 0.00000289. The number of aliphatic imine (C=N–C) groups is 1. The van der Waals surface area contributed by atoms with Gasteiger partial charge in [-0.2, -0.15) is 0 Å². The Hall–Kier alpha value is -2.49. The zero-order valence-electron chi connectivity index (χ0n) is 19.0. The zero-order chi connectivity index (χ0) is 21.6. The first-order chi connectivity index (χ1) is 15.2. The summed E-state index contributed by atoms with van der Waals surface area (Å²) < 4.78 is 7.81. The first kappa shape index (κ1) is 24.2. The average molecular weight is 548 g/mol. The Morgan fingerprint density at radius 2 is 1.97 bits per heavy atom. The number of hydrogen-bond donors (Lipinski definition) is 2. The van der Waals surface area contributed by atoms with Crippen LogP contribution in [0.5, 0.6) is 5.75 Å². The minimum Gasteiger partial charge on any atom is -0.495 e. The summed E-state index contributed by atoms with van der Waals surface area (Å²) in [6, 6.07) is 16.9. The molecule has 7 nitrogen and oxygen atoms in total. The van der Waals surface area contributed by atoms with E-state index in [-0.39, 0.29) is 24.0 Å². The summed E-state index contributed by atoms with van der Waals surface area (Å²) in [5.74, 6) is 2.85. The van der Waals surface area contributed by atoms with Gasteiger partial charge in [-0.3, -0.25) is 4.99 Å². The van der Waals surface area contributed by atoms with Crippen LogP contribution < -0.4 is 20.3 Å². The molecule has 4 rings (SSSR count). The molecule has 0 aliphatic carbocycles. The van der Waals surface area contributed by atoms with Gasteiger partial charge in [0.05, 0.1) is 23.8 Å². The number of halogens is 1. The monoisotopic (exact) mass is 548 g/mol. The zero-order valence-corrected chi connectivity index (χ0v) is 21.4. The van der Waals surface area contributed by atoms with Gasteiger partial charge in [0, 0.05) is 39.3 Å². The molecule has 172 valence electrons. The van der Waals surface area contributed by atoms with Crippen molar-refractivity contribution in [1.82, 2.24) is 20.2 Å². The van der Waals surface area contributed by atoms with Gasteiger partial charge in [0.2, 0.25) is 0 Å². The summed E-state index contributed by atoms with van der Waals surface area (Å²) in [5, 5.41) is 7.04. The highest BCUT2D eigenvalue weighted by Crippen LogP contribution is 2.30. The molecule has 3 aromatic rings. The summed E-state index contributed by atoms with van der Waals surface area (Å²) >= 11 is 0. The SMILES string of the molecule is CN=C(NCCCn1c(C)nc2ccccc21)NC1CCN(c2ccccc2OC)C1.I. The minimum atomic E-state index is 0. The van der Waals surface area contributed by atoms with Crippen LogP contribution in [0.1, 0.15) is 18.7 Å². The molecule has 32 heavy (non-hydrogen) atoms. The molecule has 0 saturated carbocycles. The van der Waals surface area contributed by atoms with Crippen LogP contribution in [0.3, 0.4) is 0 Å². The molecule has 1 saturated heterocycles. The van der Waals surface area contributed by atoms with Gasteiger partial charge in [0.25, 0.3) is 0 Å². The van der Waals surface area contributed by atoms with Crippen LogP contribution >= 0.6 is 24.0 Å². The van der Waals surface area contributed by atoms with Crippen molar-refractivity contribution in [2.45, 2.75) is 32.4 Å². The number of imidazole rings is 1. The fourth-order valence-corrected chi connectivity index (χ4v) is 4.30. The van der Waals surface area contributed by atoms with E-state index in [1.807, 2.05) is 25.2 Å². The first-order valence-electron chi connectivity index (χ1n) is 11.0. The van der Waals surface area contributed by atoms with Gasteiger partial charge in [0.1, 0.15) is 11.6 Å². The summed E-state index contributed by atoms with van der Waals surface area (Å²) in [4.78, 5) is 11.4. The van der Waals surface area contributed by atoms with Gasteiger partial charge in [-0.15, -0.1) is 24.0 Å². The molecule has 1 aliphatic heterocycles. The highest BCUT2D eigenvalue weighted by atomic mass is 127. The van der Waals surface area contributed by atoms with E-state index in [4.69, 9.17) is 4.74 Å². The lowest BCUT2D eigenvalue weighted by molar-refractivity contribution is 0.415. The predicted octanol–water partition coefficient (Wildman–Crippen LogP) is 3.81. The number of aromatic nitrogens is 2. The smallest absolute Gasteiger partial charge is 0.191 e. The number of anilines is 1. The molecule has 0 amide bonds. The average Bonchev–Trinajstić information content (AvgIpc) is 3.39. The molecule has 1 fully saturated rings. The van der Waals surface area contributed by atoms with Gasteiger partial charge in [-0.25, -0.2) is 4.98 Å². The molecule has 1 aromatic heterocycles. The van der Waals surface area contributed by atoms with E-state index in [9.17, 15) is 0 Å². The van der Waals surface area contributed by atoms with Crippen LogP contribution in [-0.4, -0.2) is 55.3 Å². The van der Waals surface area contributed by atoms with Crippen molar-refractivity contribution in [1.29, 1.82) is 0 Å². The molecule has 2 aromatic carbocycles. The number of nitrogens with one attached hydrogen (secondary N) is 2.